The van der Waals surface area contributed by atoms with Gasteiger partial charge in [0.2, 0.25) is 0 Å². The van der Waals surface area contributed by atoms with Crippen LogP contribution in [0.2, 0.25) is 0 Å². The first-order valence-corrected chi connectivity index (χ1v) is 14.0. The van der Waals surface area contributed by atoms with Crippen molar-refractivity contribution in [3.05, 3.63) is 48.6 Å². The van der Waals surface area contributed by atoms with Crippen LogP contribution in [0.1, 0.15) is 103 Å². The Kier molecular flexibility index (Phi) is 21.9. The number of hydrogen-bond acceptors (Lipinski definition) is 4. The van der Waals surface area contributed by atoms with Gasteiger partial charge in [-0.3, -0.25) is 4.79 Å². The number of aliphatic carboxylic acids is 1. The fourth-order valence-electron chi connectivity index (χ4n) is 3.81. The summed E-state index contributed by atoms with van der Waals surface area (Å²) in [5.74, 6) is -1.49. The van der Waals surface area contributed by atoms with Crippen molar-refractivity contribution >= 4 is 11.9 Å². The fraction of sp³-hybridized carbons (Fsp3) is 0.677. The molecular formula is C31H53NO4. The maximum Gasteiger partial charge on any atom is 0.306 e. The molecule has 0 saturated heterocycles. The molecule has 5 heteroatoms. The van der Waals surface area contributed by atoms with E-state index in [0.717, 1.165) is 57.8 Å². The molecule has 0 fully saturated rings. The SMILES string of the molecule is CCCCC/C=C/C/C=C/C/C=C/C/C=C/CCCCCCCC(=O)O[C@@H](CC(=O)[O-])C[N+](C)(C)C. The zero-order valence-electron chi connectivity index (χ0n) is 23.6. The molecule has 0 aliphatic rings. The molecule has 36 heavy (non-hydrogen) atoms. The van der Waals surface area contributed by atoms with Gasteiger partial charge in [-0.25, -0.2) is 0 Å². The lowest BCUT2D eigenvalue weighted by Crippen LogP contribution is -2.45. The summed E-state index contributed by atoms with van der Waals surface area (Å²) in [6.07, 6.45) is 31.8. The number of carboxylic acids is 1. The van der Waals surface area contributed by atoms with Crippen molar-refractivity contribution in [2.75, 3.05) is 27.7 Å². The van der Waals surface area contributed by atoms with Gasteiger partial charge in [0.15, 0.2) is 6.10 Å². The van der Waals surface area contributed by atoms with Gasteiger partial charge in [0.05, 0.1) is 21.1 Å². The molecule has 0 aromatic carbocycles. The number of likely N-dealkylation sites (N-methyl/N-ethyl adjacent to an activating group) is 1. The summed E-state index contributed by atoms with van der Waals surface area (Å²) >= 11 is 0. The molecule has 0 aromatic rings. The van der Waals surface area contributed by atoms with Crippen molar-refractivity contribution in [3.8, 4) is 0 Å². The molecule has 206 valence electrons. The van der Waals surface area contributed by atoms with Gasteiger partial charge in [0, 0.05) is 18.8 Å². The van der Waals surface area contributed by atoms with E-state index in [-0.39, 0.29) is 12.4 Å². The second-order valence-electron chi connectivity index (χ2n) is 10.6. The molecule has 0 radical (unpaired) electrons. The van der Waals surface area contributed by atoms with Crippen molar-refractivity contribution in [1.29, 1.82) is 0 Å². The van der Waals surface area contributed by atoms with Gasteiger partial charge in [-0.05, 0) is 51.4 Å². The third-order valence-corrected chi connectivity index (χ3v) is 5.65. The minimum absolute atomic E-state index is 0.251. The summed E-state index contributed by atoms with van der Waals surface area (Å²) in [6, 6.07) is 0. The second kappa shape index (κ2) is 23.3. The van der Waals surface area contributed by atoms with Crippen LogP contribution in [-0.2, 0) is 14.3 Å². The van der Waals surface area contributed by atoms with Gasteiger partial charge < -0.3 is 19.1 Å². The number of unbranched alkanes of at least 4 members (excludes halogenated alkanes) is 8. The van der Waals surface area contributed by atoms with E-state index in [2.05, 4.69) is 55.5 Å². The summed E-state index contributed by atoms with van der Waals surface area (Å²) < 4.78 is 5.92. The predicted octanol–water partition coefficient (Wildman–Crippen LogP) is 6.45. The molecule has 0 unspecified atom stereocenters. The second-order valence-corrected chi connectivity index (χ2v) is 10.6. The third-order valence-electron chi connectivity index (χ3n) is 5.65. The van der Waals surface area contributed by atoms with Crippen LogP contribution in [0.15, 0.2) is 48.6 Å². The average molecular weight is 504 g/mol. The minimum Gasteiger partial charge on any atom is -0.550 e. The maximum absolute atomic E-state index is 12.1. The summed E-state index contributed by atoms with van der Waals surface area (Å²) in [5.41, 5.74) is 0. The van der Waals surface area contributed by atoms with E-state index < -0.39 is 12.1 Å². The number of esters is 1. The lowest BCUT2D eigenvalue weighted by atomic mass is 10.1. The Hall–Kier alpha value is -2.14. The molecular weight excluding hydrogens is 450 g/mol. The number of quaternary nitrogens is 1. The number of allylic oxidation sites excluding steroid dienone is 8. The van der Waals surface area contributed by atoms with Crippen LogP contribution in [0.25, 0.3) is 0 Å². The average Bonchev–Trinajstić information content (AvgIpc) is 2.78. The smallest absolute Gasteiger partial charge is 0.306 e. The van der Waals surface area contributed by atoms with Gasteiger partial charge in [0.25, 0.3) is 0 Å². The number of ether oxygens (including phenoxy) is 1. The molecule has 0 aliphatic heterocycles. The molecule has 0 aromatic heterocycles. The topological polar surface area (TPSA) is 66.4 Å². The zero-order valence-corrected chi connectivity index (χ0v) is 23.6. The highest BCUT2D eigenvalue weighted by atomic mass is 16.5. The third kappa shape index (κ3) is 26.5. The number of hydrogen-bond donors (Lipinski definition) is 0. The zero-order chi connectivity index (χ0) is 26.9. The molecule has 0 amide bonds. The van der Waals surface area contributed by atoms with Gasteiger partial charge in [0.1, 0.15) is 6.54 Å². The van der Waals surface area contributed by atoms with Crippen molar-refractivity contribution < 1.29 is 23.9 Å². The van der Waals surface area contributed by atoms with Crippen LogP contribution in [-0.4, -0.2) is 50.2 Å². The van der Waals surface area contributed by atoms with Crippen LogP contribution in [0.5, 0.6) is 0 Å². The van der Waals surface area contributed by atoms with E-state index in [0.29, 0.717) is 17.4 Å². The van der Waals surface area contributed by atoms with Crippen LogP contribution < -0.4 is 5.11 Å². The summed E-state index contributed by atoms with van der Waals surface area (Å²) in [7, 11) is 5.82. The van der Waals surface area contributed by atoms with Crippen LogP contribution >= 0.6 is 0 Å². The standard InChI is InChI=1S/C31H53NO4/c1-5-6-7-8-9-10-11-12-13-14-15-16-17-18-19-20-21-22-23-24-25-26-31(35)36-29(27-30(33)34)28-32(2,3)4/h9-10,12-13,15-16,18-19,29H,5-8,11,14,17,20-28H2,1-4H3/b10-9+,13-12+,16-15+,19-18+/t29-/m0/s1. The van der Waals surface area contributed by atoms with Crippen molar-refractivity contribution in [2.45, 2.75) is 109 Å². The number of rotatable bonds is 23. The lowest BCUT2D eigenvalue weighted by Gasteiger charge is -2.29. The van der Waals surface area contributed by atoms with E-state index in [1.165, 1.54) is 25.7 Å². The van der Waals surface area contributed by atoms with Crippen LogP contribution in [0.3, 0.4) is 0 Å². The Balaban J connectivity index is 3.68. The number of carboxylic acid groups (broad SMARTS) is 1. The molecule has 0 saturated carbocycles. The fourth-order valence-corrected chi connectivity index (χ4v) is 3.81. The number of carbonyl (C=O) groups excluding carboxylic acids is 2. The lowest BCUT2D eigenvalue weighted by molar-refractivity contribution is -0.873. The molecule has 5 nitrogen and oxygen atoms in total. The molecule has 0 bridgehead atoms. The van der Waals surface area contributed by atoms with Gasteiger partial charge in [-0.1, -0.05) is 87.6 Å². The first-order chi connectivity index (χ1) is 17.2. The number of nitrogens with zero attached hydrogens (tertiary/aromatic N) is 1. The van der Waals surface area contributed by atoms with Gasteiger partial charge in [-0.2, -0.15) is 0 Å². The molecule has 0 heterocycles. The Morgan fingerprint density at radius 1 is 0.722 bits per heavy atom. The summed E-state index contributed by atoms with van der Waals surface area (Å²) in [4.78, 5) is 23.0. The van der Waals surface area contributed by atoms with Gasteiger partial charge in [-0.15, -0.1) is 0 Å². The summed E-state index contributed by atoms with van der Waals surface area (Å²) in [6.45, 7) is 2.69. The molecule has 0 aliphatic carbocycles. The van der Waals surface area contributed by atoms with Crippen molar-refractivity contribution in [2.24, 2.45) is 0 Å². The van der Waals surface area contributed by atoms with Crippen molar-refractivity contribution in [3.63, 3.8) is 0 Å². The quantitative estimate of drug-likeness (QED) is 0.0695. The van der Waals surface area contributed by atoms with Gasteiger partial charge >= 0.3 is 5.97 Å². The molecule has 0 N–H and O–H groups in total. The Labute approximate surface area is 221 Å². The largest absolute Gasteiger partial charge is 0.550 e. The van der Waals surface area contributed by atoms with Crippen LogP contribution in [0.4, 0.5) is 0 Å². The molecule has 0 spiro atoms. The highest BCUT2D eigenvalue weighted by Gasteiger charge is 2.22. The van der Waals surface area contributed by atoms with E-state index in [1.807, 2.05) is 21.1 Å². The first kappa shape index (κ1) is 33.9. The molecule has 0 rings (SSSR count). The Bertz CT molecular complexity index is 671. The Morgan fingerprint density at radius 2 is 1.19 bits per heavy atom. The van der Waals surface area contributed by atoms with E-state index in [4.69, 9.17) is 4.74 Å². The monoisotopic (exact) mass is 503 g/mol. The Morgan fingerprint density at radius 3 is 1.69 bits per heavy atom. The first-order valence-electron chi connectivity index (χ1n) is 14.0. The highest BCUT2D eigenvalue weighted by molar-refractivity contribution is 5.70. The minimum atomic E-state index is -1.18. The predicted molar refractivity (Wildman–Crippen MR) is 149 cm³/mol. The summed E-state index contributed by atoms with van der Waals surface area (Å²) in [5, 5.41) is 10.9. The van der Waals surface area contributed by atoms with Crippen LogP contribution in [0, 0.1) is 0 Å². The number of carbonyl (C=O) groups is 2. The molecule has 1 atom stereocenters. The van der Waals surface area contributed by atoms with Crippen molar-refractivity contribution in [1.82, 2.24) is 0 Å². The van der Waals surface area contributed by atoms with E-state index >= 15 is 0 Å². The maximum atomic E-state index is 12.1. The normalized spacial score (nSPS) is 13.4. The highest BCUT2D eigenvalue weighted by Crippen LogP contribution is 2.11. The van der Waals surface area contributed by atoms with E-state index in [1.54, 1.807) is 0 Å². The van der Waals surface area contributed by atoms with E-state index in [9.17, 15) is 14.7 Å².